The van der Waals surface area contributed by atoms with E-state index in [9.17, 15) is 19.2 Å². The number of halogens is 1. The molecule has 0 saturated heterocycles. The molecule has 2 amide bonds. The van der Waals surface area contributed by atoms with E-state index in [0.29, 0.717) is 32.4 Å². The fourth-order valence-electron chi connectivity index (χ4n) is 4.55. The average molecular weight is 555 g/mol. The largest absolute Gasteiger partial charge is 0.480 e. The Morgan fingerprint density at radius 1 is 1.00 bits per heavy atom. The summed E-state index contributed by atoms with van der Waals surface area (Å²) in [5, 5.41) is 8.74. The van der Waals surface area contributed by atoms with Gasteiger partial charge < -0.3 is 10.1 Å². The van der Waals surface area contributed by atoms with E-state index in [2.05, 4.69) is 15.4 Å². The minimum atomic E-state index is -1.06. The predicted octanol–water partition coefficient (Wildman–Crippen LogP) is 3.14. The summed E-state index contributed by atoms with van der Waals surface area (Å²) < 4.78 is 6.60. The molecular formula is C30H23ClN4O5. The number of amides is 2. The number of ether oxygens (including phenoxy) is 1. The lowest BCUT2D eigenvalue weighted by Gasteiger charge is -2.20. The number of hydrogen-bond donors (Lipinski definition) is 1. The van der Waals surface area contributed by atoms with E-state index < -0.39 is 17.5 Å². The normalized spacial score (nSPS) is 12.6. The lowest BCUT2D eigenvalue weighted by Crippen LogP contribution is -2.36. The molecule has 0 unspecified atom stereocenters. The van der Waals surface area contributed by atoms with Gasteiger partial charge >= 0.3 is 0 Å². The first kappa shape index (κ1) is 26.7. The van der Waals surface area contributed by atoms with Gasteiger partial charge in [0.25, 0.3) is 11.5 Å². The van der Waals surface area contributed by atoms with E-state index in [-0.39, 0.29) is 29.6 Å². The zero-order valence-electron chi connectivity index (χ0n) is 21.6. The van der Waals surface area contributed by atoms with Crippen molar-refractivity contribution in [1.82, 2.24) is 9.78 Å². The Labute approximate surface area is 233 Å². The Bertz CT molecular complexity index is 1850. The second-order valence-corrected chi connectivity index (χ2v) is 9.60. The Hall–Kier alpha value is -4.89. The second-order valence-electron chi connectivity index (χ2n) is 9.16. The van der Waals surface area contributed by atoms with Crippen LogP contribution in [0.15, 0.2) is 82.6 Å². The second kappa shape index (κ2) is 11.1. The third-order valence-corrected chi connectivity index (χ3v) is 6.68. The van der Waals surface area contributed by atoms with Crippen LogP contribution in [0, 0.1) is 0 Å². The number of methoxy groups -OCH3 is 1. The molecule has 1 aromatic heterocycles. The number of hydrogen-bond acceptors (Lipinski definition) is 6. The van der Waals surface area contributed by atoms with Crippen LogP contribution in [0.1, 0.15) is 28.9 Å². The molecule has 5 rings (SSSR count). The summed E-state index contributed by atoms with van der Waals surface area (Å²) in [6, 6.07) is 19.1. The maximum absolute atomic E-state index is 13.7. The molecule has 10 heteroatoms. The van der Waals surface area contributed by atoms with Crippen molar-refractivity contribution in [3.8, 4) is 17.0 Å². The number of rotatable bonds is 8. The third kappa shape index (κ3) is 5.45. The molecular weight excluding hydrogens is 532 g/mol. The van der Waals surface area contributed by atoms with Crippen LogP contribution in [-0.2, 0) is 16.0 Å². The highest BCUT2D eigenvalue weighted by atomic mass is 35.5. The number of nitrogens with one attached hydrogen (secondary N) is 1. The molecule has 1 atom stereocenters. The summed E-state index contributed by atoms with van der Waals surface area (Å²) in [5.74, 6) is -1.04. The maximum atomic E-state index is 13.7. The Morgan fingerprint density at radius 3 is 2.50 bits per heavy atom. The number of ketones is 1. The summed E-state index contributed by atoms with van der Waals surface area (Å²) in [7, 11) is 1.39. The summed E-state index contributed by atoms with van der Waals surface area (Å²) in [4.78, 5) is 55.0. The van der Waals surface area contributed by atoms with Gasteiger partial charge in [0, 0.05) is 40.1 Å². The Morgan fingerprint density at radius 2 is 1.77 bits per heavy atom. The van der Waals surface area contributed by atoms with E-state index in [1.165, 1.54) is 26.2 Å². The first-order valence-electron chi connectivity index (χ1n) is 12.3. The summed E-state index contributed by atoms with van der Waals surface area (Å²) in [5.41, 5.74) is 1.68. The predicted molar refractivity (Wildman–Crippen MR) is 150 cm³/mol. The van der Waals surface area contributed by atoms with Crippen molar-refractivity contribution in [2.45, 2.75) is 19.4 Å². The van der Waals surface area contributed by atoms with Crippen LogP contribution in [0.25, 0.3) is 17.2 Å². The number of carbonyl (C=O) groups excluding carboxylic acids is 3. The minimum absolute atomic E-state index is 0.0440. The molecule has 0 fully saturated rings. The first-order valence-corrected chi connectivity index (χ1v) is 12.7. The van der Waals surface area contributed by atoms with Crippen molar-refractivity contribution in [3.05, 3.63) is 110 Å². The number of benzene rings is 3. The van der Waals surface area contributed by atoms with Crippen molar-refractivity contribution in [3.63, 3.8) is 0 Å². The SMILES string of the molecule is COc1nn([C@@H](Cc2ccccc2)C(=O)Nc2ccc3c(c2)=CC(=O)N=3)c(=O)cc1-c1cc(Cl)ccc1C(C)=O. The topological polar surface area (TPSA) is 120 Å². The molecule has 2 heterocycles. The highest BCUT2D eigenvalue weighted by Gasteiger charge is 2.26. The van der Waals surface area contributed by atoms with Crippen LogP contribution in [0.2, 0.25) is 5.02 Å². The number of fused-ring (bicyclic) bond motifs is 1. The molecule has 40 heavy (non-hydrogen) atoms. The first-order chi connectivity index (χ1) is 19.2. The van der Waals surface area contributed by atoms with Crippen molar-refractivity contribution in [1.29, 1.82) is 0 Å². The molecule has 0 radical (unpaired) electrons. The lowest BCUT2D eigenvalue weighted by atomic mass is 9.98. The minimum Gasteiger partial charge on any atom is -0.480 e. The van der Waals surface area contributed by atoms with E-state index in [4.69, 9.17) is 16.3 Å². The highest BCUT2D eigenvalue weighted by Crippen LogP contribution is 2.32. The van der Waals surface area contributed by atoms with Gasteiger partial charge in [-0.25, -0.2) is 9.67 Å². The fraction of sp³-hybridized carbons (Fsp3) is 0.133. The van der Waals surface area contributed by atoms with Gasteiger partial charge in [0.05, 0.1) is 18.0 Å². The molecule has 4 aromatic rings. The monoisotopic (exact) mass is 554 g/mol. The van der Waals surface area contributed by atoms with Crippen molar-refractivity contribution >= 4 is 41.0 Å². The van der Waals surface area contributed by atoms with Gasteiger partial charge in [-0.05, 0) is 54.4 Å². The number of anilines is 1. The molecule has 200 valence electrons. The molecule has 0 spiro atoms. The molecule has 1 aliphatic rings. The van der Waals surface area contributed by atoms with Gasteiger partial charge in [-0.1, -0.05) is 41.9 Å². The van der Waals surface area contributed by atoms with Gasteiger partial charge in [0.2, 0.25) is 11.8 Å². The Kier molecular flexibility index (Phi) is 7.39. The van der Waals surface area contributed by atoms with Gasteiger partial charge in [0.1, 0.15) is 6.04 Å². The lowest BCUT2D eigenvalue weighted by molar-refractivity contribution is -0.119. The van der Waals surface area contributed by atoms with Crippen LogP contribution < -0.4 is 26.2 Å². The van der Waals surface area contributed by atoms with Crippen molar-refractivity contribution < 1.29 is 19.1 Å². The van der Waals surface area contributed by atoms with E-state index in [1.54, 1.807) is 36.4 Å². The van der Waals surface area contributed by atoms with Gasteiger partial charge in [-0.2, -0.15) is 0 Å². The van der Waals surface area contributed by atoms with Crippen LogP contribution >= 0.6 is 11.6 Å². The smallest absolute Gasteiger partial charge is 0.270 e. The zero-order valence-corrected chi connectivity index (χ0v) is 22.3. The Balaban J connectivity index is 1.59. The molecule has 0 aliphatic carbocycles. The molecule has 1 aliphatic heterocycles. The quantitative estimate of drug-likeness (QED) is 0.334. The standard InChI is InChI=1S/C30H23ClN4O5/c1-17(36)22-10-8-20(31)15-23(22)24-16-28(38)35(34-30(24)40-2)26(12-18-6-4-3-5-7-18)29(39)32-21-9-11-25-19(13-21)14-27(37)33-25/h3-11,13-16,26H,12H2,1-2H3,(H,32,39)/t26-/m0/s1. The molecule has 0 saturated carbocycles. The zero-order chi connectivity index (χ0) is 28.4. The van der Waals surface area contributed by atoms with E-state index in [0.717, 1.165) is 10.2 Å². The fourth-order valence-corrected chi connectivity index (χ4v) is 4.72. The van der Waals surface area contributed by atoms with E-state index >= 15 is 0 Å². The van der Waals surface area contributed by atoms with Gasteiger partial charge in [-0.3, -0.25) is 19.2 Å². The maximum Gasteiger partial charge on any atom is 0.270 e. The third-order valence-electron chi connectivity index (χ3n) is 6.44. The van der Waals surface area contributed by atoms with Crippen molar-refractivity contribution in [2.24, 2.45) is 4.99 Å². The number of nitrogens with zero attached hydrogens (tertiary/aromatic N) is 3. The highest BCUT2D eigenvalue weighted by molar-refractivity contribution is 6.31. The summed E-state index contributed by atoms with van der Waals surface area (Å²) >= 11 is 6.20. The number of carbonyl (C=O) groups is 3. The van der Waals surface area contributed by atoms with E-state index in [1.807, 2.05) is 30.3 Å². The van der Waals surface area contributed by atoms with Crippen molar-refractivity contribution in [2.75, 3.05) is 12.4 Å². The van der Waals surface area contributed by atoms with Gasteiger partial charge in [0.15, 0.2) is 5.78 Å². The van der Waals surface area contributed by atoms with Crippen LogP contribution in [0.5, 0.6) is 5.88 Å². The summed E-state index contributed by atoms with van der Waals surface area (Å²) in [6.07, 6.45) is 1.54. The van der Waals surface area contributed by atoms with Crippen LogP contribution in [-0.4, -0.2) is 34.5 Å². The molecule has 0 bridgehead atoms. The number of Topliss-reactive ketones (excluding diaryl/α,β-unsaturated/α-hetero) is 1. The van der Waals surface area contributed by atoms with Gasteiger partial charge in [-0.15, -0.1) is 5.10 Å². The number of aromatic nitrogens is 2. The van der Waals surface area contributed by atoms with Crippen LogP contribution in [0.4, 0.5) is 5.69 Å². The summed E-state index contributed by atoms with van der Waals surface area (Å²) in [6.45, 7) is 1.41. The molecule has 3 aromatic carbocycles. The molecule has 9 nitrogen and oxygen atoms in total. The average Bonchev–Trinajstić information content (AvgIpc) is 3.31. The van der Waals surface area contributed by atoms with Crippen LogP contribution in [0.3, 0.4) is 0 Å². The molecule has 1 N–H and O–H groups in total.